The third-order valence-corrected chi connectivity index (χ3v) is 10.2. The molecule has 0 spiro atoms. The highest BCUT2D eigenvalue weighted by atomic mass is 32.1. The minimum Gasteiger partial charge on any atom is -0.208 e. The molecule has 0 bridgehead atoms. The van der Waals surface area contributed by atoms with Crippen molar-refractivity contribution in [3.05, 3.63) is 176 Å². The van der Waals surface area contributed by atoms with Gasteiger partial charge in [0.15, 0.2) is 17.5 Å². The van der Waals surface area contributed by atoms with Gasteiger partial charge in [-0.1, -0.05) is 158 Å². The van der Waals surface area contributed by atoms with Gasteiger partial charge in [0.2, 0.25) is 0 Å². The fourth-order valence-corrected chi connectivity index (χ4v) is 7.86. The molecular formula is C45H29N3S. The number of hydrogen-bond donors (Lipinski definition) is 0. The maximum absolute atomic E-state index is 5.22. The van der Waals surface area contributed by atoms with Crippen LogP contribution in [0.15, 0.2) is 176 Å². The summed E-state index contributed by atoms with van der Waals surface area (Å²) in [5, 5.41) is 2.47. The number of benzene rings is 7. The van der Waals surface area contributed by atoms with Gasteiger partial charge in [0.05, 0.1) is 0 Å². The molecule has 0 aliphatic rings. The average Bonchev–Trinajstić information content (AvgIpc) is 3.57. The van der Waals surface area contributed by atoms with Crippen LogP contribution in [-0.2, 0) is 0 Å². The molecular weight excluding hydrogens is 615 g/mol. The molecule has 7 aromatic carbocycles. The molecule has 0 radical (unpaired) electrons. The Hall–Kier alpha value is -6.23. The Balaban J connectivity index is 1.22. The molecule has 9 rings (SSSR count). The first-order valence-electron chi connectivity index (χ1n) is 16.4. The van der Waals surface area contributed by atoms with Gasteiger partial charge in [0.1, 0.15) is 0 Å². The minimum absolute atomic E-state index is 0.646. The Morgan fingerprint density at radius 2 is 0.755 bits per heavy atom. The second kappa shape index (κ2) is 12.4. The number of aromatic nitrogens is 3. The van der Waals surface area contributed by atoms with E-state index in [9.17, 15) is 0 Å². The molecule has 0 unspecified atom stereocenters. The largest absolute Gasteiger partial charge is 0.208 e. The summed E-state index contributed by atoms with van der Waals surface area (Å²) in [5.74, 6) is 1.97. The van der Waals surface area contributed by atoms with Crippen LogP contribution in [0.5, 0.6) is 0 Å². The molecule has 0 N–H and O–H groups in total. The SMILES string of the molecule is c1ccc(-c2nc(-c3ccccc3-c3cccc(-c4ccccc4-c4ccccc4)c3)nc(-c3cccc4c3sc3ccccc34)n2)cc1. The standard InChI is InChI=1S/C45H29N3S/c1-3-15-30(16-4-1)34-21-7-8-22-35(34)32-19-13-20-33(29-32)36-23-9-10-25-39(36)44-46-43(31-17-5-2-6-18-31)47-45(48-44)40-27-14-26-38-37-24-11-12-28-41(37)49-42(38)40/h1-29H. The minimum atomic E-state index is 0.646. The molecule has 0 aliphatic carbocycles. The van der Waals surface area contributed by atoms with E-state index in [1.807, 2.05) is 18.2 Å². The lowest BCUT2D eigenvalue weighted by atomic mass is 9.91. The summed E-state index contributed by atoms with van der Waals surface area (Å²) in [6, 6.07) is 61.6. The van der Waals surface area contributed by atoms with Gasteiger partial charge >= 0.3 is 0 Å². The second-order valence-electron chi connectivity index (χ2n) is 12.0. The van der Waals surface area contributed by atoms with Crippen molar-refractivity contribution in [2.24, 2.45) is 0 Å². The summed E-state index contributed by atoms with van der Waals surface area (Å²) < 4.78 is 2.43. The van der Waals surface area contributed by atoms with Crippen molar-refractivity contribution in [1.82, 2.24) is 15.0 Å². The normalized spacial score (nSPS) is 11.3. The molecule has 49 heavy (non-hydrogen) atoms. The van der Waals surface area contributed by atoms with Crippen LogP contribution in [0.4, 0.5) is 0 Å². The smallest absolute Gasteiger partial charge is 0.165 e. The van der Waals surface area contributed by atoms with Crippen molar-refractivity contribution in [3.8, 4) is 67.5 Å². The van der Waals surface area contributed by atoms with Gasteiger partial charge < -0.3 is 0 Å². The lowest BCUT2D eigenvalue weighted by Gasteiger charge is -2.14. The van der Waals surface area contributed by atoms with Gasteiger partial charge in [-0.3, -0.25) is 0 Å². The van der Waals surface area contributed by atoms with Crippen LogP contribution < -0.4 is 0 Å². The Kier molecular flexibility index (Phi) is 7.34. The molecule has 2 heterocycles. The summed E-state index contributed by atoms with van der Waals surface area (Å²) in [6.07, 6.45) is 0. The summed E-state index contributed by atoms with van der Waals surface area (Å²) in [4.78, 5) is 15.4. The predicted octanol–water partition coefficient (Wildman–Crippen LogP) is 12.2. The van der Waals surface area contributed by atoms with Crippen molar-refractivity contribution in [2.45, 2.75) is 0 Å². The lowest BCUT2D eigenvalue weighted by Crippen LogP contribution is -2.01. The highest BCUT2D eigenvalue weighted by Crippen LogP contribution is 2.41. The van der Waals surface area contributed by atoms with E-state index in [4.69, 9.17) is 15.0 Å². The van der Waals surface area contributed by atoms with Gasteiger partial charge in [-0.05, 0) is 51.6 Å². The second-order valence-corrected chi connectivity index (χ2v) is 13.0. The van der Waals surface area contributed by atoms with Gasteiger partial charge in [0, 0.05) is 36.9 Å². The van der Waals surface area contributed by atoms with Crippen LogP contribution in [0.25, 0.3) is 87.7 Å². The first kappa shape index (κ1) is 29.0. The number of fused-ring (bicyclic) bond motifs is 3. The fraction of sp³-hybridized carbons (Fsp3) is 0. The van der Waals surface area contributed by atoms with Crippen LogP contribution in [0, 0.1) is 0 Å². The molecule has 4 heteroatoms. The average molecular weight is 644 g/mol. The van der Waals surface area contributed by atoms with Crippen LogP contribution in [0.1, 0.15) is 0 Å². The molecule has 2 aromatic heterocycles. The van der Waals surface area contributed by atoms with Gasteiger partial charge in [-0.2, -0.15) is 0 Å². The Morgan fingerprint density at radius 3 is 1.47 bits per heavy atom. The molecule has 9 aromatic rings. The van der Waals surface area contributed by atoms with E-state index in [0.29, 0.717) is 17.5 Å². The Labute approximate surface area is 288 Å². The van der Waals surface area contributed by atoms with E-state index in [-0.39, 0.29) is 0 Å². The molecule has 0 fully saturated rings. The van der Waals surface area contributed by atoms with Gasteiger partial charge in [0.25, 0.3) is 0 Å². The number of thiophene rings is 1. The first-order valence-corrected chi connectivity index (χ1v) is 17.2. The quantitative estimate of drug-likeness (QED) is 0.181. The summed E-state index contributed by atoms with van der Waals surface area (Å²) in [7, 11) is 0. The highest BCUT2D eigenvalue weighted by molar-refractivity contribution is 7.26. The maximum Gasteiger partial charge on any atom is 0.165 e. The maximum atomic E-state index is 5.22. The van der Waals surface area contributed by atoms with Gasteiger partial charge in [-0.25, -0.2) is 15.0 Å². The van der Waals surface area contributed by atoms with E-state index in [1.54, 1.807) is 11.3 Å². The van der Waals surface area contributed by atoms with Crippen molar-refractivity contribution < 1.29 is 0 Å². The van der Waals surface area contributed by atoms with Crippen LogP contribution in [0.3, 0.4) is 0 Å². The molecule has 230 valence electrons. The fourth-order valence-electron chi connectivity index (χ4n) is 6.64. The molecule has 0 saturated heterocycles. The third kappa shape index (κ3) is 5.38. The molecule has 0 amide bonds. The number of rotatable bonds is 6. The highest BCUT2D eigenvalue weighted by Gasteiger charge is 2.18. The van der Waals surface area contributed by atoms with E-state index in [2.05, 4.69) is 158 Å². The lowest BCUT2D eigenvalue weighted by molar-refractivity contribution is 1.08. The summed E-state index contributed by atoms with van der Waals surface area (Å²) >= 11 is 1.79. The first-order chi connectivity index (χ1) is 24.3. The summed E-state index contributed by atoms with van der Waals surface area (Å²) in [6.45, 7) is 0. The van der Waals surface area contributed by atoms with Crippen LogP contribution in [-0.4, -0.2) is 15.0 Å². The molecule has 0 saturated carbocycles. The molecule has 0 atom stereocenters. The van der Waals surface area contributed by atoms with Crippen molar-refractivity contribution in [1.29, 1.82) is 0 Å². The van der Waals surface area contributed by atoms with Crippen LogP contribution in [0.2, 0.25) is 0 Å². The van der Waals surface area contributed by atoms with Crippen molar-refractivity contribution in [3.63, 3.8) is 0 Å². The molecule has 3 nitrogen and oxygen atoms in total. The van der Waals surface area contributed by atoms with E-state index in [1.165, 1.54) is 36.9 Å². The zero-order chi connectivity index (χ0) is 32.6. The summed E-state index contributed by atoms with van der Waals surface area (Å²) in [5.41, 5.74) is 9.85. The van der Waals surface area contributed by atoms with E-state index < -0.39 is 0 Å². The number of nitrogens with zero attached hydrogens (tertiary/aromatic N) is 3. The van der Waals surface area contributed by atoms with Crippen molar-refractivity contribution in [2.75, 3.05) is 0 Å². The van der Waals surface area contributed by atoms with Crippen LogP contribution >= 0.6 is 11.3 Å². The predicted molar refractivity (Wildman–Crippen MR) is 205 cm³/mol. The number of hydrogen-bond acceptors (Lipinski definition) is 4. The van der Waals surface area contributed by atoms with E-state index >= 15 is 0 Å². The topological polar surface area (TPSA) is 38.7 Å². The zero-order valence-corrected chi connectivity index (χ0v) is 27.3. The monoisotopic (exact) mass is 643 g/mol. The third-order valence-electron chi connectivity index (χ3n) is 8.98. The molecule has 0 aliphatic heterocycles. The van der Waals surface area contributed by atoms with Crippen molar-refractivity contribution >= 4 is 31.5 Å². The Bertz CT molecular complexity index is 2610. The Morgan fingerprint density at radius 1 is 0.306 bits per heavy atom. The van der Waals surface area contributed by atoms with Gasteiger partial charge in [-0.15, -0.1) is 11.3 Å². The van der Waals surface area contributed by atoms with E-state index in [0.717, 1.165) is 33.4 Å². The zero-order valence-electron chi connectivity index (χ0n) is 26.5.